The molecule has 21 heavy (non-hydrogen) atoms. The number of unbranched alkanes of at least 4 members (excludes halogenated alkanes) is 1. The van der Waals surface area contributed by atoms with Crippen LogP contribution in [0.15, 0.2) is 30.6 Å². The number of nitrogens with zero attached hydrogens (tertiary/aromatic N) is 2. The van der Waals surface area contributed by atoms with E-state index in [1.54, 1.807) is 0 Å². The summed E-state index contributed by atoms with van der Waals surface area (Å²) in [6, 6.07) is 8.89. The average Bonchev–Trinajstić information content (AvgIpc) is 2.93. The molecule has 1 aromatic heterocycles. The minimum atomic E-state index is 0.518. The van der Waals surface area contributed by atoms with Crippen molar-refractivity contribution in [1.29, 1.82) is 0 Å². The summed E-state index contributed by atoms with van der Waals surface area (Å²) < 4.78 is 2.28. The summed E-state index contributed by atoms with van der Waals surface area (Å²) >= 11 is 0. The first kappa shape index (κ1) is 16.0. The Morgan fingerprint density at radius 2 is 2.05 bits per heavy atom. The average molecular weight is 287 g/mol. The van der Waals surface area contributed by atoms with Crippen molar-refractivity contribution < 1.29 is 0 Å². The van der Waals surface area contributed by atoms with Crippen molar-refractivity contribution in [1.82, 2.24) is 14.9 Å². The number of hydrogen-bond donors (Lipinski definition) is 1. The second-order valence-electron chi connectivity index (χ2n) is 6.02. The van der Waals surface area contributed by atoms with Gasteiger partial charge in [0.1, 0.15) is 0 Å². The Labute approximate surface area is 128 Å². The van der Waals surface area contributed by atoms with Crippen LogP contribution in [0.2, 0.25) is 0 Å². The molecule has 0 saturated carbocycles. The summed E-state index contributed by atoms with van der Waals surface area (Å²) in [5.41, 5.74) is 2.32. The Kier molecular flexibility index (Phi) is 6.24. The fourth-order valence-corrected chi connectivity index (χ4v) is 3.06. The zero-order chi connectivity index (χ0) is 15.1. The number of imidazole rings is 1. The molecule has 1 aromatic carbocycles. The zero-order valence-electron chi connectivity index (χ0n) is 13.7. The molecule has 2 rings (SSSR count). The molecule has 0 fully saturated rings. The maximum absolute atomic E-state index is 4.49. The fourth-order valence-electron chi connectivity index (χ4n) is 3.06. The lowest BCUT2D eigenvalue weighted by atomic mass is 9.92. The molecule has 0 spiro atoms. The Morgan fingerprint density at radius 1 is 1.24 bits per heavy atom. The minimum Gasteiger partial charge on any atom is -0.329 e. The van der Waals surface area contributed by atoms with Gasteiger partial charge in [-0.25, -0.2) is 4.98 Å². The minimum absolute atomic E-state index is 0.518. The van der Waals surface area contributed by atoms with E-state index >= 15 is 0 Å². The molecule has 0 bridgehead atoms. The predicted molar refractivity (Wildman–Crippen MR) is 90.5 cm³/mol. The molecule has 2 atom stereocenters. The Bertz CT molecular complexity index is 532. The van der Waals surface area contributed by atoms with Crippen LogP contribution < -0.4 is 5.32 Å². The number of rotatable bonds is 9. The number of benzene rings is 1. The summed E-state index contributed by atoms with van der Waals surface area (Å²) in [5.74, 6) is 0.831. The van der Waals surface area contributed by atoms with Crippen LogP contribution in [0.1, 0.15) is 46.0 Å². The van der Waals surface area contributed by atoms with Crippen LogP contribution in [0, 0.1) is 5.92 Å². The molecular formula is C18H29N3. The van der Waals surface area contributed by atoms with Crippen molar-refractivity contribution in [2.75, 3.05) is 7.05 Å². The van der Waals surface area contributed by atoms with Crippen molar-refractivity contribution >= 4 is 11.0 Å². The first-order chi connectivity index (χ1) is 10.3. The largest absolute Gasteiger partial charge is 0.329 e. The number of nitrogens with one attached hydrogen (secondary N) is 1. The lowest BCUT2D eigenvalue weighted by molar-refractivity contribution is 0.339. The number of para-hydroxylation sites is 2. The van der Waals surface area contributed by atoms with E-state index in [9.17, 15) is 0 Å². The summed E-state index contributed by atoms with van der Waals surface area (Å²) in [6.45, 7) is 5.60. The van der Waals surface area contributed by atoms with E-state index in [4.69, 9.17) is 0 Å². The van der Waals surface area contributed by atoms with Gasteiger partial charge in [-0.2, -0.15) is 0 Å². The van der Waals surface area contributed by atoms with Gasteiger partial charge in [-0.3, -0.25) is 0 Å². The molecule has 0 aliphatic rings. The van der Waals surface area contributed by atoms with Crippen molar-refractivity contribution in [3.05, 3.63) is 30.6 Å². The smallest absolute Gasteiger partial charge is 0.0958 e. The highest BCUT2D eigenvalue weighted by Gasteiger charge is 2.15. The first-order valence-corrected chi connectivity index (χ1v) is 8.35. The second kappa shape index (κ2) is 8.18. The molecular weight excluding hydrogens is 258 g/mol. The maximum atomic E-state index is 4.49. The monoisotopic (exact) mass is 287 g/mol. The summed E-state index contributed by atoms with van der Waals surface area (Å²) in [7, 11) is 2.08. The lowest BCUT2D eigenvalue weighted by Crippen LogP contribution is -2.32. The Morgan fingerprint density at radius 3 is 2.76 bits per heavy atom. The first-order valence-electron chi connectivity index (χ1n) is 8.35. The van der Waals surface area contributed by atoms with Crippen molar-refractivity contribution in [2.24, 2.45) is 5.92 Å². The molecule has 3 heteroatoms. The van der Waals surface area contributed by atoms with Gasteiger partial charge in [0, 0.05) is 12.6 Å². The van der Waals surface area contributed by atoms with Crippen LogP contribution in [0.4, 0.5) is 0 Å². The molecule has 1 heterocycles. The van der Waals surface area contributed by atoms with Gasteiger partial charge in [-0.1, -0.05) is 51.7 Å². The van der Waals surface area contributed by atoms with Crippen LogP contribution in [0.5, 0.6) is 0 Å². The molecule has 0 aliphatic carbocycles. The van der Waals surface area contributed by atoms with E-state index in [1.807, 2.05) is 12.4 Å². The number of likely N-dealkylation sites (N-methyl/N-ethyl adjacent to an activating group) is 1. The molecule has 2 unspecified atom stereocenters. The van der Waals surface area contributed by atoms with E-state index in [-0.39, 0.29) is 0 Å². The molecule has 0 radical (unpaired) electrons. The maximum Gasteiger partial charge on any atom is 0.0958 e. The standard InChI is InChI=1S/C18H29N3/c1-4-6-9-15(5-2)12-16(19-3)13-21-14-20-17-10-7-8-11-18(17)21/h7-8,10-11,14-16,19H,4-6,9,12-13H2,1-3H3. The van der Waals surface area contributed by atoms with Gasteiger partial charge in [-0.05, 0) is 31.5 Å². The fraction of sp³-hybridized carbons (Fsp3) is 0.611. The number of aromatic nitrogens is 2. The third-order valence-corrected chi connectivity index (χ3v) is 4.51. The van der Waals surface area contributed by atoms with E-state index in [2.05, 4.69) is 54.0 Å². The van der Waals surface area contributed by atoms with Gasteiger partial charge in [0.2, 0.25) is 0 Å². The molecule has 2 aromatic rings. The van der Waals surface area contributed by atoms with Crippen LogP contribution in [0.25, 0.3) is 11.0 Å². The van der Waals surface area contributed by atoms with E-state index in [1.165, 1.54) is 37.6 Å². The van der Waals surface area contributed by atoms with E-state index in [0.717, 1.165) is 18.0 Å². The third-order valence-electron chi connectivity index (χ3n) is 4.51. The van der Waals surface area contributed by atoms with Crippen LogP contribution in [-0.2, 0) is 6.54 Å². The van der Waals surface area contributed by atoms with Gasteiger partial charge in [0.25, 0.3) is 0 Å². The molecule has 0 saturated heterocycles. The predicted octanol–water partition coefficient (Wildman–Crippen LogP) is 4.23. The highest BCUT2D eigenvalue weighted by atomic mass is 15.1. The third kappa shape index (κ3) is 4.31. The van der Waals surface area contributed by atoms with Gasteiger partial charge in [0.05, 0.1) is 17.4 Å². The molecule has 0 aliphatic heterocycles. The quantitative estimate of drug-likeness (QED) is 0.748. The highest BCUT2D eigenvalue weighted by molar-refractivity contribution is 5.74. The summed E-state index contributed by atoms with van der Waals surface area (Å²) in [4.78, 5) is 4.49. The van der Waals surface area contributed by atoms with Gasteiger partial charge in [-0.15, -0.1) is 0 Å². The molecule has 3 nitrogen and oxygen atoms in total. The summed E-state index contributed by atoms with van der Waals surface area (Å²) in [5, 5.41) is 3.50. The molecule has 116 valence electrons. The molecule has 0 amide bonds. The van der Waals surface area contributed by atoms with Crippen LogP contribution >= 0.6 is 0 Å². The van der Waals surface area contributed by atoms with Crippen LogP contribution in [-0.4, -0.2) is 22.6 Å². The highest BCUT2D eigenvalue weighted by Crippen LogP contribution is 2.20. The number of fused-ring (bicyclic) bond motifs is 1. The van der Waals surface area contributed by atoms with E-state index in [0.29, 0.717) is 6.04 Å². The topological polar surface area (TPSA) is 29.9 Å². The van der Waals surface area contributed by atoms with Gasteiger partial charge < -0.3 is 9.88 Å². The van der Waals surface area contributed by atoms with Gasteiger partial charge in [0.15, 0.2) is 0 Å². The van der Waals surface area contributed by atoms with E-state index < -0.39 is 0 Å². The second-order valence-corrected chi connectivity index (χ2v) is 6.02. The Hall–Kier alpha value is -1.35. The van der Waals surface area contributed by atoms with Crippen LogP contribution in [0.3, 0.4) is 0 Å². The van der Waals surface area contributed by atoms with Gasteiger partial charge >= 0.3 is 0 Å². The SMILES string of the molecule is CCCCC(CC)CC(Cn1cnc2ccccc21)NC. The van der Waals surface area contributed by atoms with Crippen molar-refractivity contribution in [3.63, 3.8) is 0 Å². The Balaban J connectivity index is 2.01. The lowest BCUT2D eigenvalue weighted by Gasteiger charge is -2.23. The van der Waals surface area contributed by atoms with Crippen molar-refractivity contribution in [2.45, 2.75) is 58.5 Å². The zero-order valence-corrected chi connectivity index (χ0v) is 13.7. The normalized spacial score (nSPS) is 14.4. The van der Waals surface area contributed by atoms with Crippen molar-refractivity contribution in [3.8, 4) is 0 Å². The number of hydrogen-bond acceptors (Lipinski definition) is 2. The molecule has 1 N–H and O–H groups in total. The summed E-state index contributed by atoms with van der Waals surface area (Å²) in [6.07, 6.45) is 8.51.